The van der Waals surface area contributed by atoms with Crippen molar-refractivity contribution in [1.82, 2.24) is 4.90 Å². The Hall–Kier alpha value is -3.91. The molecule has 3 aromatic carbocycles. The number of carbonyl (C=O) groups excluding carboxylic acids is 3. The van der Waals surface area contributed by atoms with E-state index in [9.17, 15) is 14.4 Å². The number of amides is 2. The van der Waals surface area contributed by atoms with Crippen molar-refractivity contribution in [2.45, 2.75) is 12.1 Å². The Morgan fingerprint density at radius 1 is 0.865 bits per heavy atom. The van der Waals surface area contributed by atoms with E-state index in [4.69, 9.17) is 9.47 Å². The Morgan fingerprint density at radius 2 is 1.59 bits per heavy atom. The molecule has 8 heteroatoms. The van der Waals surface area contributed by atoms with Gasteiger partial charge in [0.1, 0.15) is 19.3 Å². The Labute approximate surface area is 221 Å². The van der Waals surface area contributed by atoms with Gasteiger partial charge in [0.25, 0.3) is 0 Å². The third kappa shape index (κ3) is 3.28. The fourth-order valence-corrected chi connectivity index (χ4v) is 6.33. The number of halogens is 1. The Bertz CT molecular complexity index is 1500. The normalized spacial score (nSPS) is 25.1. The Morgan fingerprint density at radius 3 is 2.41 bits per heavy atom. The second-order valence-electron chi connectivity index (χ2n) is 9.54. The van der Waals surface area contributed by atoms with Gasteiger partial charge in [0.15, 0.2) is 17.3 Å². The molecule has 0 spiro atoms. The van der Waals surface area contributed by atoms with Crippen LogP contribution in [0.2, 0.25) is 0 Å². The number of ether oxygens (including phenoxy) is 2. The highest BCUT2D eigenvalue weighted by atomic mass is 79.9. The van der Waals surface area contributed by atoms with Gasteiger partial charge in [0.2, 0.25) is 11.8 Å². The van der Waals surface area contributed by atoms with Gasteiger partial charge in [-0.3, -0.25) is 14.4 Å². The number of hydrogen-bond acceptors (Lipinski definition) is 6. The average molecular weight is 557 g/mol. The molecule has 184 valence electrons. The summed E-state index contributed by atoms with van der Waals surface area (Å²) in [7, 11) is 0. The van der Waals surface area contributed by atoms with Crippen LogP contribution >= 0.6 is 15.9 Å². The van der Waals surface area contributed by atoms with Gasteiger partial charge in [-0.1, -0.05) is 52.3 Å². The van der Waals surface area contributed by atoms with Crippen LogP contribution in [0.5, 0.6) is 11.5 Å². The van der Waals surface area contributed by atoms with Crippen molar-refractivity contribution in [2.24, 2.45) is 11.8 Å². The SMILES string of the molecule is O=C(c1ccc(Br)cc1)[C@@H]1[C@@H]2C(=O)N(c3ccc4c(c3)OCCO4)C(=O)[C@@H]2[C@@H]2c3ccccc3C=CN12. The molecule has 2 fully saturated rings. The summed E-state index contributed by atoms with van der Waals surface area (Å²) < 4.78 is 12.2. The number of anilines is 1. The van der Waals surface area contributed by atoms with E-state index in [1.165, 1.54) is 4.90 Å². The lowest BCUT2D eigenvalue weighted by molar-refractivity contribution is -0.123. The van der Waals surface area contributed by atoms with E-state index >= 15 is 0 Å². The average Bonchev–Trinajstić information content (AvgIpc) is 3.40. The molecule has 0 unspecified atom stereocenters. The number of nitrogens with zero attached hydrogens (tertiary/aromatic N) is 2. The van der Waals surface area contributed by atoms with Crippen LogP contribution in [-0.2, 0) is 9.59 Å². The van der Waals surface area contributed by atoms with E-state index < -0.39 is 23.9 Å². The molecule has 4 aliphatic heterocycles. The smallest absolute Gasteiger partial charge is 0.240 e. The van der Waals surface area contributed by atoms with E-state index in [0.29, 0.717) is 36.0 Å². The molecule has 0 saturated carbocycles. The lowest BCUT2D eigenvalue weighted by atomic mass is 9.83. The second kappa shape index (κ2) is 8.31. The molecule has 0 radical (unpaired) electrons. The molecule has 2 saturated heterocycles. The molecular formula is C29H21BrN2O5. The highest BCUT2D eigenvalue weighted by Gasteiger charge is 2.64. The Balaban J connectivity index is 1.35. The van der Waals surface area contributed by atoms with Gasteiger partial charge in [-0.2, -0.15) is 0 Å². The van der Waals surface area contributed by atoms with E-state index in [1.807, 2.05) is 53.6 Å². The summed E-state index contributed by atoms with van der Waals surface area (Å²) in [5, 5.41) is 0. The number of ketones is 1. The van der Waals surface area contributed by atoms with Crippen LogP contribution in [0.3, 0.4) is 0 Å². The van der Waals surface area contributed by atoms with Crippen LogP contribution in [0, 0.1) is 11.8 Å². The van der Waals surface area contributed by atoms with Crippen molar-refractivity contribution in [3.63, 3.8) is 0 Å². The zero-order valence-corrected chi connectivity index (χ0v) is 21.1. The summed E-state index contributed by atoms with van der Waals surface area (Å²) in [5.74, 6) is -1.31. The van der Waals surface area contributed by atoms with Crippen LogP contribution in [0.1, 0.15) is 27.5 Å². The fourth-order valence-electron chi connectivity index (χ4n) is 6.07. The number of fused-ring (bicyclic) bond motifs is 6. The van der Waals surface area contributed by atoms with E-state index in [0.717, 1.165) is 15.6 Å². The first-order chi connectivity index (χ1) is 18.0. The second-order valence-corrected chi connectivity index (χ2v) is 10.5. The van der Waals surface area contributed by atoms with Gasteiger partial charge < -0.3 is 14.4 Å². The molecule has 0 aromatic heterocycles. The first-order valence-corrected chi connectivity index (χ1v) is 12.9. The van der Waals surface area contributed by atoms with Crippen molar-refractivity contribution < 1.29 is 23.9 Å². The maximum atomic E-state index is 14.0. The Kier molecular flexibility index (Phi) is 5.01. The van der Waals surface area contributed by atoms with Crippen LogP contribution < -0.4 is 14.4 Å². The third-order valence-corrected chi connectivity index (χ3v) is 8.17. The molecule has 0 bridgehead atoms. The minimum atomic E-state index is -0.822. The topological polar surface area (TPSA) is 76.1 Å². The standard InChI is InChI=1S/C29H21BrN2O5/c30-18-7-5-17(6-8-18)27(33)26-24-23(25-20-4-2-1-3-16(20)11-12-31(25)26)28(34)32(29(24)35)19-9-10-21-22(15-19)37-14-13-36-21/h1-12,15,23-26H,13-14H2/t23-,24+,25-,26-/m0/s1. The van der Waals surface area contributed by atoms with Crippen molar-refractivity contribution in [3.8, 4) is 11.5 Å². The minimum absolute atomic E-state index is 0.181. The van der Waals surface area contributed by atoms with Crippen LogP contribution in [0.15, 0.2) is 77.4 Å². The molecule has 37 heavy (non-hydrogen) atoms. The van der Waals surface area contributed by atoms with Crippen molar-refractivity contribution in [3.05, 3.63) is 94.1 Å². The minimum Gasteiger partial charge on any atom is -0.486 e. The predicted molar refractivity (Wildman–Crippen MR) is 139 cm³/mol. The maximum Gasteiger partial charge on any atom is 0.240 e. The van der Waals surface area contributed by atoms with Gasteiger partial charge in [0, 0.05) is 22.3 Å². The first-order valence-electron chi connectivity index (χ1n) is 12.1. The summed E-state index contributed by atoms with van der Waals surface area (Å²) in [5.41, 5.74) is 2.85. The summed E-state index contributed by atoms with van der Waals surface area (Å²) in [6.45, 7) is 0.843. The number of rotatable bonds is 3. The molecular weight excluding hydrogens is 536 g/mol. The van der Waals surface area contributed by atoms with E-state index in [1.54, 1.807) is 30.3 Å². The van der Waals surface area contributed by atoms with Gasteiger partial charge in [-0.15, -0.1) is 0 Å². The summed E-state index contributed by atoms with van der Waals surface area (Å²) >= 11 is 3.42. The van der Waals surface area contributed by atoms with Crippen molar-refractivity contribution in [1.29, 1.82) is 0 Å². The van der Waals surface area contributed by atoms with Crippen LogP contribution in [-0.4, -0.2) is 41.8 Å². The zero-order valence-electron chi connectivity index (χ0n) is 19.5. The summed E-state index contributed by atoms with van der Waals surface area (Å²) in [6.07, 6.45) is 3.81. The molecule has 4 atom stereocenters. The predicted octanol–water partition coefficient (Wildman–Crippen LogP) is 4.62. The van der Waals surface area contributed by atoms with Gasteiger partial charge in [0.05, 0.1) is 23.6 Å². The number of Topliss-reactive ketones (excluding diaryl/α,β-unsaturated/α-hetero) is 1. The number of imide groups is 1. The van der Waals surface area contributed by atoms with Gasteiger partial charge >= 0.3 is 0 Å². The largest absolute Gasteiger partial charge is 0.486 e. The number of benzene rings is 3. The molecule has 4 aliphatic rings. The van der Waals surface area contributed by atoms with Crippen LogP contribution in [0.4, 0.5) is 5.69 Å². The van der Waals surface area contributed by atoms with Crippen molar-refractivity contribution >= 4 is 45.3 Å². The van der Waals surface area contributed by atoms with E-state index in [2.05, 4.69) is 15.9 Å². The number of carbonyl (C=O) groups is 3. The molecule has 3 aromatic rings. The number of hydrogen-bond donors (Lipinski definition) is 0. The molecule has 2 amide bonds. The lowest BCUT2D eigenvalue weighted by Crippen LogP contribution is -2.44. The lowest BCUT2D eigenvalue weighted by Gasteiger charge is -2.35. The highest BCUT2D eigenvalue weighted by molar-refractivity contribution is 9.10. The summed E-state index contributed by atoms with van der Waals surface area (Å²) in [4.78, 5) is 45.2. The van der Waals surface area contributed by atoms with Crippen LogP contribution in [0.25, 0.3) is 6.08 Å². The molecule has 7 rings (SSSR count). The third-order valence-electron chi connectivity index (χ3n) is 7.64. The fraction of sp³-hybridized carbons (Fsp3) is 0.207. The van der Waals surface area contributed by atoms with Gasteiger partial charge in [-0.25, -0.2) is 4.90 Å². The quantitative estimate of drug-likeness (QED) is 0.346. The zero-order chi connectivity index (χ0) is 25.3. The maximum absolute atomic E-state index is 14.0. The molecule has 7 nitrogen and oxygen atoms in total. The highest BCUT2D eigenvalue weighted by Crippen LogP contribution is 2.54. The molecule has 0 aliphatic carbocycles. The monoisotopic (exact) mass is 556 g/mol. The molecule has 4 heterocycles. The van der Waals surface area contributed by atoms with Gasteiger partial charge in [-0.05, 0) is 41.5 Å². The summed E-state index contributed by atoms with van der Waals surface area (Å²) in [6, 6.07) is 18.8. The first kappa shape index (κ1) is 22.3. The van der Waals surface area contributed by atoms with Crippen molar-refractivity contribution in [2.75, 3.05) is 18.1 Å². The molecule has 0 N–H and O–H groups in total. The van der Waals surface area contributed by atoms with E-state index in [-0.39, 0.29) is 17.6 Å².